The summed E-state index contributed by atoms with van der Waals surface area (Å²) < 4.78 is 6.46. The summed E-state index contributed by atoms with van der Waals surface area (Å²) in [6.45, 7) is 11.2. The Morgan fingerprint density at radius 2 is 0.917 bits per heavy atom. The van der Waals surface area contributed by atoms with Gasteiger partial charge in [0.25, 0.3) is 0 Å². The summed E-state index contributed by atoms with van der Waals surface area (Å²) in [5, 5.41) is 0. The van der Waals surface area contributed by atoms with Crippen LogP contribution in [0.3, 0.4) is 0 Å². The molecule has 0 aliphatic carbocycles. The molecule has 0 aromatic carbocycles. The minimum Gasteiger partial charge on any atom is -0.398 e. The Labute approximate surface area is 81.0 Å². The van der Waals surface area contributed by atoms with Crippen molar-refractivity contribution >= 4 is 29.5 Å². The van der Waals surface area contributed by atoms with Crippen molar-refractivity contribution in [1.82, 2.24) is 12.7 Å². The molecule has 0 bridgehead atoms. The van der Waals surface area contributed by atoms with Crippen LogP contribution in [-0.2, 0) is 0 Å². The molecule has 60 valence electrons. The number of nitrogens with zero attached hydrogens (tertiary/aromatic N) is 3. The van der Waals surface area contributed by atoms with Crippen molar-refractivity contribution in [2.24, 2.45) is 0 Å². The molecule has 0 aromatic heterocycles. The van der Waals surface area contributed by atoms with E-state index in [4.69, 9.17) is 0 Å². The fraction of sp³-hybridized carbons (Fsp3) is 0. The van der Waals surface area contributed by atoms with Crippen LogP contribution in [0.2, 0.25) is 0 Å². The molecule has 1 saturated heterocycles. The topological polar surface area (TPSA) is 9.72 Å². The molecule has 0 atom stereocenters. The molecule has 0 amide bonds. The zero-order valence-electron chi connectivity index (χ0n) is 6.70. The molecular formula is C6H9N3Si3. The Morgan fingerprint density at radius 3 is 1.08 bits per heavy atom. The van der Waals surface area contributed by atoms with Crippen molar-refractivity contribution in [3.05, 3.63) is 38.3 Å². The van der Waals surface area contributed by atoms with Crippen molar-refractivity contribution in [3.8, 4) is 0 Å². The van der Waals surface area contributed by atoms with Gasteiger partial charge in [0.2, 0.25) is 0 Å². The van der Waals surface area contributed by atoms with Gasteiger partial charge in [0.15, 0.2) is 0 Å². The van der Waals surface area contributed by atoms with Crippen LogP contribution in [0.1, 0.15) is 0 Å². The highest BCUT2D eigenvalue weighted by Gasteiger charge is 2.22. The van der Waals surface area contributed by atoms with Gasteiger partial charge in [-0.1, -0.05) is 19.7 Å². The fourth-order valence-corrected chi connectivity index (χ4v) is 5.22. The Kier molecular flexibility index (Phi) is 3.38. The minimum atomic E-state index is 0.639. The third kappa shape index (κ3) is 2.13. The van der Waals surface area contributed by atoms with Crippen LogP contribution in [0, 0.1) is 0 Å². The van der Waals surface area contributed by atoms with Crippen molar-refractivity contribution in [2.45, 2.75) is 0 Å². The summed E-state index contributed by atoms with van der Waals surface area (Å²) in [4.78, 5) is 0. The van der Waals surface area contributed by atoms with Crippen molar-refractivity contribution in [3.63, 3.8) is 0 Å². The average molecular weight is 207 g/mol. The van der Waals surface area contributed by atoms with Crippen LogP contribution in [0.15, 0.2) is 38.3 Å². The molecule has 0 spiro atoms. The maximum Gasteiger partial charge on any atom is 0.315 e. The summed E-state index contributed by atoms with van der Waals surface area (Å²) in [6.07, 6.45) is 5.56. The summed E-state index contributed by atoms with van der Waals surface area (Å²) >= 11 is 0. The predicted octanol–water partition coefficient (Wildman–Crippen LogP) is -0.0609. The Morgan fingerprint density at radius 1 is 0.667 bits per heavy atom. The van der Waals surface area contributed by atoms with Gasteiger partial charge in [-0.25, -0.2) is 0 Å². The lowest BCUT2D eigenvalue weighted by Gasteiger charge is -2.36. The predicted molar refractivity (Wildman–Crippen MR) is 53.4 cm³/mol. The van der Waals surface area contributed by atoms with Gasteiger partial charge in [0.1, 0.15) is 0 Å². The number of rotatable bonds is 3. The van der Waals surface area contributed by atoms with Crippen molar-refractivity contribution in [1.29, 1.82) is 0 Å². The van der Waals surface area contributed by atoms with Crippen LogP contribution in [-0.4, -0.2) is 42.2 Å². The van der Waals surface area contributed by atoms with Gasteiger partial charge >= 0.3 is 29.5 Å². The Bertz CT molecular complexity index is 157. The fourth-order valence-electron chi connectivity index (χ4n) is 0.660. The number of hydrogen-bond acceptors (Lipinski definition) is 3. The van der Waals surface area contributed by atoms with Crippen molar-refractivity contribution < 1.29 is 0 Å². The highest BCUT2D eigenvalue weighted by atomic mass is 28.4. The molecule has 3 nitrogen and oxygen atoms in total. The highest BCUT2D eigenvalue weighted by Crippen LogP contribution is 2.01. The summed E-state index contributed by atoms with van der Waals surface area (Å²) in [5.74, 6) is 0. The van der Waals surface area contributed by atoms with Gasteiger partial charge in [-0.05, 0) is 18.6 Å². The number of hydrogen-bond donors (Lipinski definition) is 0. The lowest BCUT2D eigenvalue weighted by Crippen LogP contribution is -2.55. The maximum atomic E-state index is 3.74. The lowest BCUT2D eigenvalue weighted by molar-refractivity contribution is 0.677. The van der Waals surface area contributed by atoms with Crippen molar-refractivity contribution in [2.75, 3.05) is 0 Å². The summed E-state index contributed by atoms with van der Waals surface area (Å²) in [7, 11) is 1.92. The van der Waals surface area contributed by atoms with E-state index < -0.39 is 0 Å². The average Bonchev–Trinajstić information content (AvgIpc) is 2.16. The first-order chi connectivity index (χ1) is 5.80. The van der Waals surface area contributed by atoms with E-state index in [9.17, 15) is 0 Å². The molecule has 1 heterocycles. The second kappa shape index (κ2) is 4.33. The van der Waals surface area contributed by atoms with E-state index in [0.717, 1.165) is 0 Å². The van der Waals surface area contributed by atoms with Crippen LogP contribution < -0.4 is 0 Å². The second-order valence-corrected chi connectivity index (χ2v) is 6.79. The smallest absolute Gasteiger partial charge is 0.315 e. The molecule has 12 heavy (non-hydrogen) atoms. The van der Waals surface area contributed by atoms with E-state index in [1.165, 1.54) is 0 Å². The molecule has 0 aromatic rings. The third-order valence-electron chi connectivity index (χ3n) is 1.19. The SMILES string of the molecule is C=CN1[Si]N(C=C)[Si]N(C=C)[Si]1. The molecule has 0 unspecified atom stereocenters. The lowest BCUT2D eigenvalue weighted by atomic mass is 11.1. The molecule has 0 saturated carbocycles. The molecular weight excluding hydrogens is 198 g/mol. The minimum absolute atomic E-state index is 0.639. The zero-order chi connectivity index (χ0) is 8.97. The standard InChI is InChI=1S/C6H9N3Si3/c1-4-7-10-8(5-2)12-9(6-3)11-7/h4-6H,1-3H2. The Balaban J connectivity index is 2.57. The van der Waals surface area contributed by atoms with Crippen LogP contribution in [0.5, 0.6) is 0 Å². The molecule has 1 aliphatic heterocycles. The van der Waals surface area contributed by atoms with E-state index in [0.29, 0.717) is 29.5 Å². The molecule has 6 radical (unpaired) electrons. The molecule has 1 aliphatic rings. The van der Waals surface area contributed by atoms with Crippen LogP contribution in [0.4, 0.5) is 0 Å². The van der Waals surface area contributed by atoms with Crippen LogP contribution >= 0.6 is 0 Å². The Hall–Kier alpha value is -0.729. The first-order valence-electron chi connectivity index (χ1n) is 3.34. The first-order valence-corrected chi connectivity index (χ1v) is 6.02. The monoisotopic (exact) mass is 207 g/mol. The van der Waals surface area contributed by atoms with Gasteiger partial charge < -0.3 is 12.7 Å². The second-order valence-electron chi connectivity index (χ2n) is 1.96. The van der Waals surface area contributed by atoms with Gasteiger partial charge in [-0.15, -0.1) is 0 Å². The van der Waals surface area contributed by atoms with Gasteiger partial charge in [0.05, 0.1) is 0 Å². The molecule has 1 fully saturated rings. The first kappa shape index (κ1) is 9.36. The van der Waals surface area contributed by atoms with Gasteiger partial charge in [0, 0.05) is 0 Å². The van der Waals surface area contributed by atoms with Crippen LogP contribution in [0.25, 0.3) is 0 Å². The molecule has 0 N–H and O–H groups in total. The quantitative estimate of drug-likeness (QED) is 0.600. The van der Waals surface area contributed by atoms with E-state index >= 15 is 0 Å². The van der Waals surface area contributed by atoms with Gasteiger partial charge in [-0.3, -0.25) is 0 Å². The summed E-state index contributed by atoms with van der Waals surface area (Å²) in [6, 6.07) is 0. The molecule has 6 heteroatoms. The van der Waals surface area contributed by atoms with E-state index in [-0.39, 0.29) is 0 Å². The van der Waals surface area contributed by atoms with E-state index in [1.807, 2.05) is 18.6 Å². The van der Waals surface area contributed by atoms with E-state index in [1.54, 1.807) is 0 Å². The normalized spacial score (nSPS) is 17.5. The highest BCUT2D eigenvalue weighted by molar-refractivity contribution is 6.65. The van der Waals surface area contributed by atoms with E-state index in [2.05, 4.69) is 32.4 Å². The van der Waals surface area contributed by atoms with Gasteiger partial charge in [-0.2, -0.15) is 0 Å². The zero-order valence-corrected chi connectivity index (χ0v) is 9.70. The molecule has 1 rings (SSSR count). The maximum absolute atomic E-state index is 3.74. The largest absolute Gasteiger partial charge is 0.398 e. The summed E-state index contributed by atoms with van der Waals surface area (Å²) in [5.41, 5.74) is 0. The third-order valence-corrected chi connectivity index (χ3v) is 5.38.